The Morgan fingerprint density at radius 1 is 1.18 bits per heavy atom. The summed E-state index contributed by atoms with van der Waals surface area (Å²) in [5.74, 6) is -3.03. The average molecular weight is 237 g/mol. The first kappa shape index (κ1) is 12.9. The molecular formula is C11H11NO5. The van der Waals surface area contributed by atoms with E-state index in [1.165, 1.54) is 24.3 Å². The molecule has 1 aromatic rings. The second-order valence-electron chi connectivity index (χ2n) is 3.15. The molecule has 1 aromatic carbocycles. The van der Waals surface area contributed by atoms with Crippen molar-refractivity contribution in [3.63, 3.8) is 0 Å². The number of nitrogens with two attached hydrogens (primary N) is 1. The number of carboxylic acid groups (broad SMARTS) is 1. The lowest BCUT2D eigenvalue weighted by Crippen LogP contribution is -2.18. The van der Waals surface area contributed by atoms with E-state index in [4.69, 9.17) is 10.8 Å². The molecule has 0 saturated heterocycles. The van der Waals surface area contributed by atoms with Crippen molar-refractivity contribution in [1.82, 2.24) is 0 Å². The molecule has 0 saturated carbocycles. The molecule has 6 heteroatoms. The van der Waals surface area contributed by atoms with E-state index in [9.17, 15) is 14.4 Å². The summed E-state index contributed by atoms with van der Waals surface area (Å²) in [5, 5.41) is 8.84. The molecule has 1 rings (SSSR count). The number of carbonyl (C=O) groups excluding carboxylic acids is 2. The van der Waals surface area contributed by atoms with Crippen LogP contribution in [0.1, 0.15) is 27.1 Å². The first-order valence-electron chi connectivity index (χ1n) is 4.83. The first-order chi connectivity index (χ1) is 8.06. The van der Waals surface area contributed by atoms with Crippen LogP contribution in [0.5, 0.6) is 0 Å². The summed E-state index contributed by atoms with van der Waals surface area (Å²) in [6.07, 6.45) is -0.0963. The van der Waals surface area contributed by atoms with E-state index < -0.39 is 17.9 Å². The Labute approximate surface area is 97.0 Å². The maximum atomic E-state index is 11.5. The summed E-state index contributed by atoms with van der Waals surface area (Å²) in [7, 11) is 0. The normalized spacial score (nSPS) is 9.71. The maximum Gasteiger partial charge on any atom is 0.346 e. The number of hydrogen-bond acceptors (Lipinski definition) is 5. The topological polar surface area (TPSA) is 107 Å². The van der Waals surface area contributed by atoms with E-state index in [1.54, 1.807) is 0 Å². The third kappa shape index (κ3) is 3.39. The molecule has 0 atom stereocenters. The van der Waals surface area contributed by atoms with Gasteiger partial charge in [0.15, 0.2) is 0 Å². The molecule has 90 valence electrons. The van der Waals surface area contributed by atoms with Crippen molar-refractivity contribution >= 4 is 17.9 Å². The van der Waals surface area contributed by atoms with Crippen LogP contribution < -0.4 is 5.73 Å². The molecule has 6 nitrogen and oxygen atoms in total. The lowest BCUT2D eigenvalue weighted by Gasteiger charge is -2.04. The largest absolute Gasteiger partial charge is 0.478 e. The number of ether oxygens (including phenoxy) is 1. The summed E-state index contributed by atoms with van der Waals surface area (Å²) >= 11 is 0. The molecule has 0 aliphatic heterocycles. The molecule has 0 amide bonds. The van der Waals surface area contributed by atoms with Crippen molar-refractivity contribution in [2.75, 3.05) is 6.54 Å². The predicted octanol–water partition coefficient (Wildman–Crippen LogP) is 0.417. The van der Waals surface area contributed by atoms with Crippen LogP contribution in [-0.4, -0.2) is 29.6 Å². The fourth-order valence-corrected chi connectivity index (χ4v) is 1.17. The summed E-state index contributed by atoms with van der Waals surface area (Å²) in [6, 6.07) is 5.49. The second kappa shape index (κ2) is 5.76. The van der Waals surface area contributed by atoms with Gasteiger partial charge in [-0.3, -0.25) is 4.79 Å². The Kier molecular flexibility index (Phi) is 4.36. The minimum atomic E-state index is -1.26. The Hall–Kier alpha value is -2.21. The summed E-state index contributed by atoms with van der Waals surface area (Å²) in [5.41, 5.74) is 4.74. The first-order valence-corrected chi connectivity index (χ1v) is 4.83. The molecule has 0 fully saturated rings. The fraction of sp³-hybridized carbons (Fsp3) is 0.182. The Balaban J connectivity index is 2.89. The third-order valence-electron chi connectivity index (χ3n) is 1.93. The number of hydrogen-bond donors (Lipinski definition) is 2. The zero-order chi connectivity index (χ0) is 12.8. The smallest absolute Gasteiger partial charge is 0.346 e. The zero-order valence-corrected chi connectivity index (χ0v) is 8.88. The van der Waals surface area contributed by atoms with E-state index in [0.29, 0.717) is 0 Å². The highest BCUT2D eigenvalue weighted by molar-refractivity contribution is 6.05. The van der Waals surface area contributed by atoms with E-state index >= 15 is 0 Å². The van der Waals surface area contributed by atoms with Crippen molar-refractivity contribution in [3.8, 4) is 0 Å². The van der Waals surface area contributed by atoms with Gasteiger partial charge in [0.2, 0.25) is 0 Å². The SMILES string of the molecule is NCCC(=O)OC(=O)c1ccccc1C(=O)O. The van der Waals surface area contributed by atoms with Gasteiger partial charge in [-0.1, -0.05) is 12.1 Å². The number of carboxylic acids is 1. The molecule has 0 aromatic heterocycles. The van der Waals surface area contributed by atoms with Crippen LogP contribution in [0.4, 0.5) is 0 Å². The summed E-state index contributed by atoms with van der Waals surface area (Å²) in [4.78, 5) is 33.4. The van der Waals surface area contributed by atoms with Gasteiger partial charge in [-0.25, -0.2) is 9.59 Å². The molecule has 0 heterocycles. The minimum absolute atomic E-state index is 0.0622. The number of esters is 2. The average Bonchev–Trinajstić information content (AvgIpc) is 2.29. The van der Waals surface area contributed by atoms with Crippen molar-refractivity contribution in [1.29, 1.82) is 0 Å². The molecule has 0 bridgehead atoms. The Morgan fingerprint density at radius 3 is 2.29 bits per heavy atom. The van der Waals surface area contributed by atoms with E-state index in [2.05, 4.69) is 4.74 Å². The van der Waals surface area contributed by atoms with Crippen LogP contribution >= 0.6 is 0 Å². The standard InChI is InChI=1S/C11H11NO5/c12-6-5-9(13)17-11(16)8-4-2-1-3-7(8)10(14)15/h1-4H,5-6,12H2,(H,14,15). The van der Waals surface area contributed by atoms with Crippen LogP contribution in [0.3, 0.4) is 0 Å². The molecule has 0 aliphatic rings. The number of benzene rings is 1. The van der Waals surface area contributed by atoms with Gasteiger partial charge in [0.25, 0.3) is 0 Å². The maximum absolute atomic E-state index is 11.5. The van der Waals surface area contributed by atoms with Gasteiger partial charge in [-0.15, -0.1) is 0 Å². The molecule has 17 heavy (non-hydrogen) atoms. The van der Waals surface area contributed by atoms with Crippen LogP contribution in [0.2, 0.25) is 0 Å². The Morgan fingerprint density at radius 2 is 1.76 bits per heavy atom. The van der Waals surface area contributed by atoms with E-state index in [1.807, 2.05) is 0 Å². The number of carbonyl (C=O) groups is 3. The van der Waals surface area contributed by atoms with Crippen molar-refractivity contribution < 1.29 is 24.2 Å². The molecular weight excluding hydrogens is 226 g/mol. The van der Waals surface area contributed by atoms with Gasteiger partial charge < -0.3 is 15.6 Å². The monoisotopic (exact) mass is 237 g/mol. The van der Waals surface area contributed by atoms with E-state index in [0.717, 1.165) is 0 Å². The molecule has 0 spiro atoms. The lowest BCUT2D eigenvalue weighted by molar-refractivity contribution is -0.137. The van der Waals surface area contributed by atoms with E-state index in [-0.39, 0.29) is 24.1 Å². The highest BCUT2D eigenvalue weighted by Crippen LogP contribution is 2.10. The van der Waals surface area contributed by atoms with Crippen molar-refractivity contribution in [2.24, 2.45) is 5.73 Å². The molecule has 3 N–H and O–H groups in total. The zero-order valence-electron chi connectivity index (χ0n) is 8.88. The number of rotatable bonds is 4. The van der Waals surface area contributed by atoms with Crippen LogP contribution in [0.25, 0.3) is 0 Å². The van der Waals surface area contributed by atoms with Gasteiger partial charge in [0.05, 0.1) is 17.5 Å². The van der Waals surface area contributed by atoms with Crippen molar-refractivity contribution in [3.05, 3.63) is 35.4 Å². The van der Waals surface area contributed by atoms with Crippen molar-refractivity contribution in [2.45, 2.75) is 6.42 Å². The molecule has 0 aliphatic carbocycles. The Bertz CT molecular complexity index is 455. The van der Waals surface area contributed by atoms with Gasteiger partial charge >= 0.3 is 17.9 Å². The highest BCUT2D eigenvalue weighted by atomic mass is 16.6. The predicted molar refractivity (Wildman–Crippen MR) is 57.5 cm³/mol. The van der Waals surface area contributed by atoms with Gasteiger partial charge in [-0.05, 0) is 12.1 Å². The lowest BCUT2D eigenvalue weighted by atomic mass is 10.1. The minimum Gasteiger partial charge on any atom is -0.478 e. The van der Waals surface area contributed by atoms with Crippen LogP contribution in [0.15, 0.2) is 24.3 Å². The van der Waals surface area contributed by atoms with Crippen LogP contribution in [0, 0.1) is 0 Å². The fourth-order valence-electron chi connectivity index (χ4n) is 1.17. The molecule has 0 unspecified atom stereocenters. The van der Waals surface area contributed by atoms with Crippen LogP contribution in [-0.2, 0) is 9.53 Å². The molecule has 0 radical (unpaired) electrons. The van der Waals surface area contributed by atoms with Gasteiger partial charge in [-0.2, -0.15) is 0 Å². The second-order valence-corrected chi connectivity index (χ2v) is 3.15. The summed E-state index contributed by atoms with van der Waals surface area (Å²) < 4.78 is 4.45. The quantitative estimate of drug-likeness (QED) is 0.580. The van der Waals surface area contributed by atoms with Gasteiger partial charge in [0.1, 0.15) is 0 Å². The highest BCUT2D eigenvalue weighted by Gasteiger charge is 2.19. The number of aromatic carboxylic acids is 1. The summed E-state index contributed by atoms with van der Waals surface area (Å²) in [6.45, 7) is 0.0622. The van der Waals surface area contributed by atoms with Gasteiger partial charge in [0, 0.05) is 6.54 Å². The third-order valence-corrected chi connectivity index (χ3v) is 1.93.